The number of rotatable bonds is 8. The largest absolute Gasteiger partial charge is 0.426 e. The summed E-state index contributed by atoms with van der Waals surface area (Å²) in [7, 11) is 1.78. The van der Waals surface area contributed by atoms with E-state index < -0.39 is 6.10 Å². The molecule has 2 rings (SSSR count). The second-order valence-electron chi connectivity index (χ2n) is 7.13. The van der Waals surface area contributed by atoms with Gasteiger partial charge in [0.2, 0.25) is 0 Å². The lowest BCUT2D eigenvalue weighted by atomic mass is 9.97. The van der Waals surface area contributed by atoms with Crippen molar-refractivity contribution in [2.45, 2.75) is 39.2 Å². The molecule has 2 aromatic carbocycles. The highest BCUT2D eigenvalue weighted by Gasteiger charge is 2.18. The molecule has 2 N–H and O–H groups in total. The van der Waals surface area contributed by atoms with Crippen LogP contribution in [0.15, 0.2) is 48.5 Å². The first-order valence-electron chi connectivity index (χ1n) is 9.13. The van der Waals surface area contributed by atoms with Crippen molar-refractivity contribution in [3.8, 4) is 5.75 Å². The van der Waals surface area contributed by atoms with Crippen LogP contribution < -0.4 is 10.1 Å². The zero-order valence-electron chi connectivity index (χ0n) is 16.4. The molecule has 0 radical (unpaired) electrons. The van der Waals surface area contributed by atoms with Crippen LogP contribution in [-0.2, 0) is 11.2 Å². The van der Waals surface area contributed by atoms with Crippen molar-refractivity contribution < 1.29 is 14.6 Å². The summed E-state index contributed by atoms with van der Waals surface area (Å²) < 4.78 is 5.52. The Hall–Kier alpha value is -1.88. The van der Waals surface area contributed by atoms with Crippen LogP contribution in [0.5, 0.6) is 5.75 Å². The van der Waals surface area contributed by atoms with E-state index in [1.807, 2.05) is 25.1 Å². The molecule has 0 bridgehead atoms. The fourth-order valence-electron chi connectivity index (χ4n) is 2.85. The van der Waals surface area contributed by atoms with Crippen LogP contribution in [0.3, 0.4) is 0 Å². The number of nitrogens with one attached hydrogen (secondary N) is 1. The number of hydrogen-bond acceptors (Lipinski definition) is 4. The molecule has 0 aliphatic carbocycles. The summed E-state index contributed by atoms with van der Waals surface area (Å²) in [5.74, 6) is 0.399. The van der Waals surface area contributed by atoms with E-state index in [4.69, 9.17) is 4.74 Å². The molecule has 0 saturated heterocycles. The molecule has 0 heterocycles. The predicted molar refractivity (Wildman–Crippen MR) is 112 cm³/mol. The molecule has 2 atom stereocenters. The average Bonchev–Trinajstić information content (AvgIpc) is 2.61. The number of likely N-dealkylation sites (N-methyl/N-ethyl adjacent to an activating group) is 1. The Bertz CT molecular complexity index is 716. The van der Waals surface area contributed by atoms with E-state index in [9.17, 15) is 9.90 Å². The van der Waals surface area contributed by atoms with Gasteiger partial charge in [-0.25, -0.2) is 0 Å². The Kier molecular flexibility index (Phi) is 9.50. The van der Waals surface area contributed by atoms with Crippen molar-refractivity contribution in [1.82, 2.24) is 5.32 Å². The predicted octanol–water partition coefficient (Wildman–Crippen LogP) is 4.27. The number of ether oxygens (including phenoxy) is 1. The maximum atomic E-state index is 12.5. The van der Waals surface area contributed by atoms with Gasteiger partial charge in [-0.1, -0.05) is 50.2 Å². The molecule has 27 heavy (non-hydrogen) atoms. The summed E-state index contributed by atoms with van der Waals surface area (Å²) in [5.41, 5.74) is 2.93. The van der Waals surface area contributed by atoms with Gasteiger partial charge in [-0.3, -0.25) is 4.79 Å². The van der Waals surface area contributed by atoms with Crippen LogP contribution in [-0.4, -0.2) is 24.7 Å². The molecule has 0 saturated carbocycles. The van der Waals surface area contributed by atoms with Gasteiger partial charge in [0.25, 0.3) is 0 Å². The maximum absolute atomic E-state index is 12.5. The first-order valence-corrected chi connectivity index (χ1v) is 9.13. The summed E-state index contributed by atoms with van der Waals surface area (Å²) in [6, 6.07) is 15.2. The highest BCUT2D eigenvalue weighted by atomic mass is 35.5. The van der Waals surface area contributed by atoms with Crippen LogP contribution >= 0.6 is 12.4 Å². The molecule has 0 spiro atoms. The fraction of sp³-hybridized carbons (Fsp3) is 0.409. The fourth-order valence-corrected chi connectivity index (χ4v) is 2.85. The summed E-state index contributed by atoms with van der Waals surface area (Å²) in [4.78, 5) is 12.5. The molecule has 0 aliphatic rings. The third-order valence-electron chi connectivity index (χ3n) is 4.34. The molecular weight excluding hydrogens is 362 g/mol. The second kappa shape index (κ2) is 11.1. The molecule has 0 aliphatic heterocycles. The van der Waals surface area contributed by atoms with Crippen molar-refractivity contribution in [2.75, 3.05) is 13.6 Å². The molecule has 4 nitrogen and oxygen atoms in total. The zero-order valence-corrected chi connectivity index (χ0v) is 17.3. The Morgan fingerprint density at radius 2 is 1.74 bits per heavy atom. The second-order valence-corrected chi connectivity index (χ2v) is 7.13. The van der Waals surface area contributed by atoms with Gasteiger partial charge in [0.05, 0.1) is 12.0 Å². The number of aliphatic hydroxyl groups is 1. The highest BCUT2D eigenvalue weighted by Crippen LogP contribution is 2.23. The Morgan fingerprint density at radius 3 is 2.33 bits per heavy atom. The summed E-state index contributed by atoms with van der Waals surface area (Å²) in [6.45, 7) is 6.67. The number of carbonyl (C=O) groups is 1. The van der Waals surface area contributed by atoms with E-state index in [1.165, 1.54) is 5.56 Å². The number of hydrogen-bond donors (Lipinski definition) is 2. The molecule has 2 aromatic rings. The van der Waals surface area contributed by atoms with Gasteiger partial charge in [-0.2, -0.15) is 0 Å². The van der Waals surface area contributed by atoms with Crippen molar-refractivity contribution >= 4 is 18.4 Å². The minimum atomic E-state index is -0.635. The molecular formula is C22H30ClNO3. The third-order valence-corrected chi connectivity index (χ3v) is 4.34. The van der Waals surface area contributed by atoms with E-state index in [0.29, 0.717) is 18.2 Å². The molecule has 1 unspecified atom stereocenters. The van der Waals surface area contributed by atoms with Gasteiger partial charge < -0.3 is 15.2 Å². The smallest absolute Gasteiger partial charge is 0.318 e. The Balaban J connectivity index is 0.00000364. The zero-order chi connectivity index (χ0) is 19.1. The third kappa shape index (κ3) is 6.98. The van der Waals surface area contributed by atoms with Gasteiger partial charge >= 0.3 is 5.97 Å². The minimum Gasteiger partial charge on any atom is -0.426 e. The van der Waals surface area contributed by atoms with Gasteiger partial charge in [0.1, 0.15) is 5.75 Å². The van der Waals surface area contributed by atoms with E-state index in [2.05, 4.69) is 31.3 Å². The van der Waals surface area contributed by atoms with Crippen molar-refractivity contribution in [1.29, 1.82) is 0 Å². The standard InChI is InChI=1S/C22H29NO3.ClH/c1-15(2)12-17-8-10-18(11-9-17)16(3)22(25)26-20-7-5-6-19(13-20)21(24)14-23-4;/h5-11,13,15-16,21,23-24H,12,14H2,1-4H3;1H/t16?,21-;/m0./s1. The van der Waals surface area contributed by atoms with Gasteiger partial charge in [0.15, 0.2) is 0 Å². The van der Waals surface area contributed by atoms with Gasteiger partial charge in [-0.05, 0) is 55.1 Å². The lowest BCUT2D eigenvalue weighted by Crippen LogP contribution is -2.18. The summed E-state index contributed by atoms with van der Waals surface area (Å²) in [6.07, 6.45) is 0.394. The van der Waals surface area contributed by atoms with Crippen molar-refractivity contribution in [2.24, 2.45) is 5.92 Å². The Morgan fingerprint density at radius 1 is 1.07 bits per heavy atom. The van der Waals surface area contributed by atoms with Crippen LogP contribution in [0.4, 0.5) is 0 Å². The Labute approximate surface area is 168 Å². The SMILES string of the molecule is CNC[C@H](O)c1cccc(OC(=O)C(C)c2ccc(CC(C)C)cc2)c1.Cl. The molecule has 0 amide bonds. The number of esters is 1. The quantitative estimate of drug-likeness (QED) is 0.521. The van der Waals surface area contributed by atoms with Crippen molar-refractivity contribution in [3.63, 3.8) is 0 Å². The first-order chi connectivity index (χ1) is 12.4. The van der Waals surface area contributed by atoms with E-state index in [0.717, 1.165) is 17.5 Å². The summed E-state index contributed by atoms with van der Waals surface area (Å²) >= 11 is 0. The van der Waals surface area contributed by atoms with Crippen LogP contribution in [0.2, 0.25) is 0 Å². The minimum absolute atomic E-state index is 0. The van der Waals surface area contributed by atoms with Gasteiger partial charge in [-0.15, -0.1) is 12.4 Å². The van der Waals surface area contributed by atoms with E-state index in [1.54, 1.807) is 25.2 Å². The first kappa shape index (κ1) is 23.2. The van der Waals surface area contributed by atoms with E-state index in [-0.39, 0.29) is 24.3 Å². The van der Waals surface area contributed by atoms with Crippen molar-refractivity contribution in [3.05, 3.63) is 65.2 Å². The van der Waals surface area contributed by atoms with Crippen LogP contribution in [0, 0.1) is 5.92 Å². The highest BCUT2D eigenvalue weighted by molar-refractivity contribution is 5.85. The molecule has 0 aromatic heterocycles. The van der Waals surface area contributed by atoms with Crippen LogP contribution in [0.25, 0.3) is 0 Å². The number of benzene rings is 2. The number of aliphatic hydroxyl groups excluding tert-OH is 1. The molecule has 148 valence electrons. The van der Waals surface area contributed by atoms with Crippen LogP contribution in [0.1, 0.15) is 49.5 Å². The van der Waals surface area contributed by atoms with E-state index >= 15 is 0 Å². The topological polar surface area (TPSA) is 58.6 Å². The van der Waals surface area contributed by atoms with Gasteiger partial charge in [0, 0.05) is 6.54 Å². The average molecular weight is 392 g/mol. The molecule has 5 heteroatoms. The normalized spacial score (nSPS) is 13.0. The maximum Gasteiger partial charge on any atom is 0.318 e. The lowest BCUT2D eigenvalue weighted by molar-refractivity contribution is -0.135. The monoisotopic (exact) mass is 391 g/mol. The summed E-state index contributed by atoms with van der Waals surface area (Å²) in [5, 5.41) is 13.0. The molecule has 0 fully saturated rings. The number of carbonyl (C=O) groups excluding carboxylic acids is 1. The number of halogens is 1. The lowest BCUT2D eigenvalue weighted by Gasteiger charge is -2.15.